The molecule has 1 aliphatic rings. The number of aliphatic hydroxyl groups is 1. The lowest BCUT2D eigenvalue weighted by molar-refractivity contribution is -0.155. The van der Waals surface area contributed by atoms with Crippen molar-refractivity contribution in [1.29, 1.82) is 0 Å². The molecule has 122 valence electrons. The van der Waals surface area contributed by atoms with Gasteiger partial charge in [-0.1, -0.05) is 18.2 Å². The Morgan fingerprint density at radius 2 is 2.14 bits per heavy atom. The summed E-state index contributed by atoms with van der Waals surface area (Å²) in [6, 6.07) is 6.63. The molecule has 1 aromatic rings. The lowest BCUT2D eigenvalue weighted by Crippen LogP contribution is -2.53. The molecule has 0 saturated carbocycles. The zero-order valence-electron chi connectivity index (χ0n) is 13.4. The summed E-state index contributed by atoms with van der Waals surface area (Å²) < 4.78 is 18.9. The molecule has 1 N–H and O–H groups in total. The van der Waals surface area contributed by atoms with E-state index in [0.717, 1.165) is 0 Å². The fourth-order valence-corrected chi connectivity index (χ4v) is 2.82. The number of methoxy groups -OCH3 is 1. The van der Waals surface area contributed by atoms with Crippen molar-refractivity contribution in [2.24, 2.45) is 5.92 Å². The molecule has 1 aliphatic heterocycles. The molecule has 4 nitrogen and oxygen atoms in total. The Bertz CT molecular complexity index is 532. The average molecular weight is 309 g/mol. The molecule has 2 rings (SSSR count). The Balaban J connectivity index is 1.99. The first-order valence-electron chi connectivity index (χ1n) is 7.61. The first kappa shape index (κ1) is 16.9. The Kier molecular flexibility index (Phi) is 5.19. The summed E-state index contributed by atoms with van der Waals surface area (Å²) in [5.74, 6) is -0.404. The molecule has 1 fully saturated rings. The third-order valence-corrected chi connectivity index (χ3v) is 4.47. The van der Waals surface area contributed by atoms with Crippen molar-refractivity contribution in [3.63, 3.8) is 0 Å². The van der Waals surface area contributed by atoms with E-state index < -0.39 is 11.7 Å². The number of hydrogen-bond acceptors (Lipinski definition) is 3. The number of aliphatic hydroxyl groups excluding tert-OH is 1. The molecule has 0 spiro atoms. The molecule has 0 radical (unpaired) electrons. The maximum absolute atomic E-state index is 13.7. The van der Waals surface area contributed by atoms with Gasteiger partial charge in [0.25, 0.3) is 5.91 Å². The topological polar surface area (TPSA) is 49.8 Å². The number of ether oxygens (including phenoxy) is 1. The summed E-state index contributed by atoms with van der Waals surface area (Å²) in [5.41, 5.74) is -0.276. The number of nitrogens with zero attached hydrogens (tertiary/aromatic N) is 1. The van der Waals surface area contributed by atoms with E-state index in [-0.39, 0.29) is 24.2 Å². The molecule has 1 heterocycles. The van der Waals surface area contributed by atoms with Crippen molar-refractivity contribution in [3.8, 4) is 0 Å². The summed E-state index contributed by atoms with van der Waals surface area (Å²) in [4.78, 5) is 14.0. The molecule has 1 saturated heterocycles. The summed E-state index contributed by atoms with van der Waals surface area (Å²) in [6.07, 6.45) is 0.495. The van der Waals surface area contributed by atoms with Crippen LogP contribution in [0.2, 0.25) is 0 Å². The monoisotopic (exact) mass is 309 g/mol. The minimum Gasteiger partial charge on any atom is -0.391 e. The van der Waals surface area contributed by atoms with Crippen LogP contribution in [-0.4, -0.2) is 47.8 Å². The number of benzene rings is 1. The normalized spacial score (nSPS) is 22.7. The minimum atomic E-state index is -0.891. The molecule has 1 amide bonds. The number of hydrogen-bond donors (Lipinski definition) is 1. The van der Waals surface area contributed by atoms with Crippen LogP contribution in [0.3, 0.4) is 0 Å². The van der Waals surface area contributed by atoms with Crippen LogP contribution in [0.4, 0.5) is 4.39 Å². The number of carbonyl (C=O) groups is 1. The van der Waals surface area contributed by atoms with E-state index in [1.54, 1.807) is 36.9 Å². The largest absolute Gasteiger partial charge is 0.391 e. The highest BCUT2D eigenvalue weighted by molar-refractivity contribution is 5.84. The average Bonchev–Trinajstić information content (AvgIpc) is 2.50. The van der Waals surface area contributed by atoms with Crippen molar-refractivity contribution in [3.05, 3.63) is 35.6 Å². The molecule has 0 unspecified atom stereocenters. The first-order chi connectivity index (χ1) is 10.3. The molecule has 1 aromatic carbocycles. The van der Waals surface area contributed by atoms with Crippen molar-refractivity contribution in [2.75, 3.05) is 20.2 Å². The maximum Gasteiger partial charge on any atom is 0.254 e. The highest BCUT2D eigenvalue weighted by Gasteiger charge is 2.37. The van der Waals surface area contributed by atoms with Gasteiger partial charge in [0.05, 0.1) is 6.10 Å². The number of amides is 1. The smallest absolute Gasteiger partial charge is 0.254 e. The Morgan fingerprint density at radius 1 is 1.45 bits per heavy atom. The van der Waals surface area contributed by atoms with Crippen LogP contribution in [0, 0.1) is 11.7 Å². The van der Waals surface area contributed by atoms with Gasteiger partial charge < -0.3 is 14.7 Å². The molecule has 22 heavy (non-hydrogen) atoms. The van der Waals surface area contributed by atoms with Crippen LogP contribution in [0.25, 0.3) is 0 Å². The molecular formula is C17H24FNO3. The molecule has 2 atom stereocenters. The number of rotatable bonds is 4. The molecule has 0 bridgehead atoms. The van der Waals surface area contributed by atoms with E-state index in [1.807, 2.05) is 0 Å². The van der Waals surface area contributed by atoms with Gasteiger partial charge >= 0.3 is 0 Å². The predicted octanol–water partition coefficient (Wildman–Crippen LogP) is 2.00. The second-order valence-electron chi connectivity index (χ2n) is 6.38. The van der Waals surface area contributed by atoms with Crippen molar-refractivity contribution in [2.45, 2.75) is 38.4 Å². The van der Waals surface area contributed by atoms with Gasteiger partial charge in [0.15, 0.2) is 0 Å². The molecule has 0 aromatic heterocycles. The van der Waals surface area contributed by atoms with Crippen molar-refractivity contribution >= 4 is 5.91 Å². The van der Waals surface area contributed by atoms with Crippen LogP contribution < -0.4 is 0 Å². The lowest BCUT2D eigenvalue weighted by atomic mass is 9.87. The van der Waals surface area contributed by atoms with Crippen molar-refractivity contribution in [1.82, 2.24) is 4.90 Å². The third-order valence-electron chi connectivity index (χ3n) is 4.47. The summed E-state index contributed by atoms with van der Waals surface area (Å²) >= 11 is 0. The SMILES string of the molecule is COC(C)(C)C(=O)N1CC[C@H](Cc2ccccc2F)[C@@H](O)C1. The van der Waals surface area contributed by atoms with Gasteiger partial charge in [0.1, 0.15) is 11.4 Å². The van der Waals surface area contributed by atoms with Gasteiger partial charge in [-0.05, 0) is 44.2 Å². The van der Waals surface area contributed by atoms with Gasteiger partial charge in [-0.15, -0.1) is 0 Å². The quantitative estimate of drug-likeness (QED) is 0.925. The van der Waals surface area contributed by atoms with Gasteiger partial charge in [0.2, 0.25) is 0 Å². The number of β-amino-alcohol motifs (C(OH)–C–C–N with tert-alkyl or cyclic N) is 1. The first-order valence-corrected chi connectivity index (χ1v) is 7.61. The van der Waals surface area contributed by atoms with Crippen LogP contribution >= 0.6 is 0 Å². The van der Waals surface area contributed by atoms with Crippen LogP contribution in [0.1, 0.15) is 25.8 Å². The van der Waals surface area contributed by atoms with E-state index in [1.165, 1.54) is 13.2 Å². The van der Waals surface area contributed by atoms with Gasteiger partial charge in [0, 0.05) is 20.2 Å². The Morgan fingerprint density at radius 3 is 2.73 bits per heavy atom. The Hall–Kier alpha value is -1.46. The summed E-state index contributed by atoms with van der Waals surface area (Å²) in [7, 11) is 1.50. The highest BCUT2D eigenvalue weighted by atomic mass is 19.1. The van der Waals surface area contributed by atoms with Gasteiger partial charge in [-0.25, -0.2) is 4.39 Å². The molecule has 5 heteroatoms. The summed E-state index contributed by atoms with van der Waals surface area (Å²) in [5, 5.41) is 10.3. The van der Waals surface area contributed by atoms with E-state index in [4.69, 9.17) is 4.74 Å². The Labute approximate surface area is 130 Å². The predicted molar refractivity (Wildman–Crippen MR) is 81.9 cm³/mol. The van der Waals surface area contributed by atoms with Crippen LogP contribution in [0.5, 0.6) is 0 Å². The third kappa shape index (κ3) is 3.65. The lowest BCUT2D eigenvalue weighted by Gasteiger charge is -2.39. The second-order valence-corrected chi connectivity index (χ2v) is 6.38. The fourth-order valence-electron chi connectivity index (χ4n) is 2.82. The van der Waals surface area contributed by atoms with E-state index in [9.17, 15) is 14.3 Å². The number of piperidine rings is 1. The second kappa shape index (κ2) is 6.75. The van der Waals surface area contributed by atoms with Crippen LogP contribution in [0.15, 0.2) is 24.3 Å². The van der Waals surface area contributed by atoms with E-state index >= 15 is 0 Å². The minimum absolute atomic E-state index is 0.0355. The van der Waals surface area contributed by atoms with Gasteiger partial charge in [-0.2, -0.15) is 0 Å². The zero-order chi connectivity index (χ0) is 16.3. The van der Waals surface area contributed by atoms with Crippen LogP contribution in [-0.2, 0) is 16.0 Å². The number of halogens is 1. The number of likely N-dealkylation sites (tertiary alicyclic amines) is 1. The zero-order valence-corrected chi connectivity index (χ0v) is 13.4. The standard InChI is InChI=1S/C17H24FNO3/c1-17(2,22-3)16(21)19-9-8-13(15(20)11-19)10-12-6-4-5-7-14(12)18/h4-7,13,15,20H,8-11H2,1-3H3/t13-,15+/m1/s1. The molecule has 0 aliphatic carbocycles. The number of carbonyl (C=O) groups excluding carboxylic acids is 1. The molecular weight excluding hydrogens is 285 g/mol. The van der Waals surface area contributed by atoms with E-state index in [2.05, 4.69) is 0 Å². The maximum atomic E-state index is 13.7. The fraction of sp³-hybridized carbons (Fsp3) is 0.588. The van der Waals surface area contributed by atoms with E-state index in [0.29, 0.717) is 24.9 Å². The highest BCUT2D eigenvalue weighted by Crippen LogP contribution is 2.25. The summed E-state index contributed by atoms with van der Waals surface area (Å²) in [6.45, 7) is 4.26. The van der Waals surface area contributed by atoms with Gasteiger partial charge in [-0.3, -0.25) is 4.79 Å². The van der Waals surface area contributed by atoms with Crippen molar-refractivity contribution < 1.29 is 19.0 Å².